The number of rotatable bonds is 6. The van der Waals surface area contributed by atoms with Crippen molar-refractivity contribution in [1.82, 2.24) is 0 Å². The summed E-state index contributed by atoms with van der Waals surface area (Å²) in [6.45, 7) is 0. The Labute approximate surface area is 78.8 Å². The fraction of sp³-hybridized carbons (Fsp3) is 0.429. The summed E-state index contributed by atoms with van der Waals surface area (Å²) >= 11 is 0. The molecule has 7 heteroatoms. The maximum atomic E-state index is 10.5. The predicted octanol–water partition coefficient (Wildman–Crippen LogP) is 0.441. The van der Waals surface area contributed by atoms with Gasteiger partial charge in [-0.2, -0.15) is 0 Å². The van der Waals surface area contributed by atoms with E-state index >= 15 is 0 Å². The lowest BCUT2D eigenvalue weighted by atomic mass is 10.0. The van der Waals surface area contributed by atoms with E-state index in [0.29, 0.717) is 6.26 Å². The van der Waals surface area contributed by atoms with Gasteiger partial charge in [0, 0.05) is 6.42 Å². The summed E-state index contributed by atoms with van der Waals surface area (Å²) in [5.74, 6) is -4.42. The van der Waals surface area contributed by atoms with Crippen LogP contribution >= 0.6 is 0 Å². The van der Waals surface area contributed by atoms with Gasteiger partial charge in [-0.1, -0.05) is 0 Å². The maximum Gasteiger partial charge on any atom is 0.307 e. The molecule has 14 heavy (non-hydrogen) atoms. The minimum absolute atomic E-state index is 0.414. The average Bonchev–Trinajstić information content (AvgIpc) is 2.02. The first kappa shape index (κ1) is 12.2. The van der Waals surface area contributed by atoms with Gasteiger partial charge in [0.15, 0.2) is 6.26 Å². The van der Waals surface area contributed by atoms with E-state index in [2.05, 4.69) is 4.89 Å². The Morgan fingerprint density at radius 2 is 1.79 bits per heavy atom. The van der Waals surface area contributed by atoms with Crippen LogP contribution in [0.1, 0.15) is 12.8 Å². The van der Waals surface area contributed by atoms with Crippen LogP contribution in [0.4, 0.5) is 0 Å². The molecule has 0 aliphatic heterocycles. The number of aliphatic hydroxyl groups excluding tert-OH is 1. The first-order valence-electron chi connectivity index (χ1n) is 3.60. The number of carboxylic acids is 2. The van der Waals surface area contributed by atoms with E-state index in [-0.39, 0.29) is 0 Å². The Hall–Kier alpha value is -1.76. The van der Waals surface area contributed by atoms with E-state index in [4.69, 9.17) is 20.6 Å². The van der Waals surface area contributed by atoms with E-state index in [9.17, 15) is 9.59 Å². The number of carbonyl (C=O) groups is 2. The second-order valence-electron chi connectivity index (χ2n) is 2.55. The quantitative estimate of drug-likeness (QED) is 0.282. The predicted molar refractivity (Wildman–Crippen MR) is 42.4 cm³/mol. The molecule has 0 radical (unpaired) electrons. The molecule has 0 amide bonds. The lowest BCUT2D eigenvalue weighted by Crippen LogP contribution is -2.18. The first-order valence-corrected chi connectivity index (χ1v) is 3.60. The Kier molecular flexibility index (Phi) is 5.08. The Balaban J connectivity index is 4.30. The standard InChI is InChI=1S/C7H10O7/c8-5(3-14-13)1-4(7(11)12)2-6(9)10/h3-4,8,13H,1-2H2,(H,9,10)(H,11,12)/b5-3+. The second-order valence-corrected chi connectivity index (χ2v) is 2.55. The minimum atomic E-state index is -1.34. The molecule has 0 aromatic carbocycles. The number of aliphatic hydroxyl groups is 1. The summed E-state index contributed by atoms with van der Waals surface area (Å²) in [4.78, 5) is 24.1. The molecule has 0 saturated carbocycles. The van der Waals surface area contributed by atoms with Crippen LogP contribution in [0.5, 0.6) is 0 Å². The summed E-state index contributed by atoms with van der Waals surface area (Å²) < 4.78 is 0. The Morgan fingerprint density at radius 3 is 2.14 bits per heavy atom. The molecular formula is C7H10O7. The molecule has 0 fully saturated rings. The van der Waals surface area contributed by atoms with Gasteiger partial charge in [-0.15, -0.1) is 0 Å². The highest BCUT2D eigenvalue weighted by Gasteiger charge is 2.22. The van der Waals surface area contributed by atoms with Gasteiger partial charge >= 0.3 is 11.9 Å². The van der Waals surface area contributed by atoms with Crippen LogP contribution in [0.3, 0.4) is 0 Å². The van der Waals surface area contributed by atoms with Crippen LogP contribution in [0.15, 0.2) is 12.0 Å². The maximum absolute atomic E-state index is 10.5. The molecule has 1 atom stereocenters. The monoisotopic (exact) mass is 206 g/mol. The summed E-state index contributed by atoms with van der Waals surface area (Å²) in [6.07, 6.45) is -0.501. The van der Waals surface area contributed by atoms with Gasteiger partial charge in [0.1, 0.15) is 5.76 Å². The fourth-order valence-corrected chi connectivity index (χ4v) is 0.819. The largest absolute Gasteiger partial charge is 0.509 e. The van der Waals surface area contributed by atoms with Crippen molar-refractivity contribution in [2.75, 3.05) is 0 Å². The topological polar surface area (TPSA) is 124 Å². The third kappa shape index (κ3) is 4.99. The van der Waals surface area contributed by atoms with Gasteiger partial charge in [-0.25, -0.2) is 5.26 Å². The molecule has 0 saturated heterocycles. The Morgan fingerprint density at radius 1 is 1.21 bits per heavy atom. The lowest BCUT2D eigenvalue weighted by Gasteiger charge is -2.07. The van der Waals surface area contributed by atoms with Crippen molar-refractivity contribution >= 4 is 11.9 Å². The molecule has 80 valence electrons. The molecule has 0 aliphatic carbocycles. The SMILES string of the molecule is O=C(O)CC(C/C(O)=C\OO)C(=O)O. The number of aliphatic carboxylic acids is 2. The van der Waals surface area contributed by atoms with E-state index in [1.807, 2.05) is 0 Å². The minimum Gasteiger partial charge on any atom is -0.509 e. The van der Waals surface area contributed by atoms with Gasteiger partial charge < -0.3 is 20.2 Å². The number of hydrogen-bond donors (Lipinski definition) is 4. The Bertz CT molecular complexity index is 244. The molecule has 0 aromatic heterocycles. The highest BCUT2D eigenvalue weighted by Crippen LogP contribution is 2.14. The van der Waals surface area contributed by atoms with Crippen molar-refractivity contribution < 1.29 is 35.1 Å². The molecule has 0 rings (SSSR count). The lowest BCUT2D eigenvalue weighted by molar-refractivity contribution is -0.189. The third-order valence-corrected chi connectivity index (χ3v) is 1.41. The van der Waals surface area contributed by atoms with Crippen molar-refractivity contribution in [2.45, 2.75) is 12.8 Å². The van der Waals surface area contributed by atoms with Crippen LogP contribution in [0.2, 0.25) is 0 Å². The summed E-state index contributed by atoms with van der Waals surface area (Å²) in [5.41, 5.74) is 0. The van der Waals surface area contributed by atoms with Gasteiger partial charge in [-0.05, 0) is 0 Å². The number of carboxylic acid groups (broad SMARTS) is 2. The molecule has 0 aromatic rings. The zero-order chi connectivity index (χ0) is 11.1. The first-order chi connectivity index (χ1) is 6.47. The number of allylic oxidation sites excluding steroid dienone is 1. The van der Waals surface area contributed by atoms with E-state index in [0.717, 1.165) is 0 Å². The van der Waals surface area contributed by atoms with Gasteiger partial charge in [0.05, 0.1) is 12.3 Å². The van der Waals surface area contributed by atoms with E-state index in [1.54, 1.807) is 0 Å². The third-order valence-electron chi connectivity index (χ3n) is 1.41. The van der Waals surface area contributed by atoms with Crippen LogP contribution in [0, 0.1) is 5.92 Å². The number of hydrogen-bond acceptors (Lipinski definition) is 5. The van der Waals surface area contributed by atoms with Crippen LogP contribution in [0.25, 0.3) is 0 Å². The van der Waals surface area contributed by atoms with E-state index in [1.165, 1.54) is 0 Å². The van der Waals surface area contributed by atoms with Crippen molar-refractivity contribution in [3.8, 4) is 0 Å². The van der Waals surface area contributed by atoms with Gasteiger partial charge in [0.2, 0.25) is 0 Å². The molecule has 0 spiro atoms. The second kappa shape index (κ2) is 5.81. The molecule has 0 bridgehead atoms. The van der Waals surface area contributed by atoms with Crippen molar-refractivity contribution in [3.63, 3.8) is 0 Å². The van der Waals surface area contributed by atoms with Crippen LogP contribution < -0.4 is 0 Å². The molecule has 0 aliphatic rings. The average molecular weight is 206 g/mol. The highest BCUT2D eigenvalue weighted by atomic mass is 17.1. The molecular weight excluding hydrogens is 196 g/mol. The van der Waals surface area contributed by atoms with Gasteiger partial charge in [-0.3, -0.25) is 9.59 Å². The zero-order valence-electron chi connectivity index (χ0n) is 7.08. The highest BCUT2D eigenvalue weighted by molar-refractivity contribution is 5.77. The summed E-state index contributed by atoms with van der Waals surface area (Å²) in [6, 6.07) is 0. The summed E-state index contributed by atoms with van der Waals surface area (Å²) in [5, 5.41) is 33.6. The molecule has 4 N–H and O–H groups in total. The van der Waals surface area contributed by atoms with Crippen LogP contribution in [-0.4, -0.2) is 32.5 Å². The van der Waals surface area contributed by atoms with Crippen molar-refractivity contribution in [1.29, 1.82) is 0 Å². The van der Waals surface area contributed by atoms with Gasteiger partial charge in [0.25, 0.3) is 0 Å². The zero-order valence-corrected chi connectivity index (χ0v) is 7.08. The van der Waals surface area contributed by atoms with Crippen LogP contribution in [-0.2, 0) is 14.5 Å². The smallest absolute Gasteiger partial charge is 0.307 e. The summed E-state index contributed by atoms with van der Waals surface area (Å²) in [7, 11) is 0. The fourth-order valence-electron chi connectivity index (χ4n) is 0.819. The normalized spacial score (nSPS) is 13.4. The molecule has 7 nitrogen and oxygen atoms in total. The molecule has 1 unspecified atom stereocenters. The van der Waals surface area contributed by atoms with Crippen molar-refractivity contribution in [3.05, 3.63) is 12.0 Å². The molecule has 0 heterocycles. The van der Waals surface area contributed by atoms with E-state index < -0.39 is 36.5 Å². The van der Waals surface area contributed by atoms with Crippen molar-refractivity contribution in [2.24, 2.45) is 5.92 Å².